The molecule has 0 unspecified atom stereocenters. The molecule has 0 aliphatic heterocycles. The van der Waals surface area contributed by atoms with Crippen LogP contribution >= 0.6 is 0 Å². The molecular weight excluding hydrogens is 360 g/mol. The fraction of sp³-hybridized carbons (Fsp3) is 0.450. The van der Waals surface area contributed by atoms with Gasteiger partial charge in [-0.3, -0.25) is 14.3 Å². The monoisotopic (exact) mass is 388 g/mol. The highest BCUT2D eigenvalue weighted by atomic mass is 16.5. The fourth-order valence-electron chi connectivity index (χ4n) is 2.74. The third-order valence-corrected chi connectivity index (χ3v) is 3.99. The largest absolute Gasteiger partial charge is 0.490 e. The van der Waals surface area contributed by atoms with Crippen LogP contribution in [-0.2, 0) is 17.8 Å². The molecule has 2 amide bonds. The summed E-state index contributed by atoms with van der Waals surface area (Å²) in [5.41, 5.74) is 1.55. The van der Waals surface area contributed by atoms with Gasteiger partial charge in [0, 0.05) is 20.6 Å². The van der Waals surface area contributed by atoms with Crippen molar-refractivity contribution in [1.29, 1.82) is 0 Å². The Balaban J connectivity index is 2.18. The summed E-state index contributed by atoms with van der Waals surface area (Å²) < 4.78 is 12.7. The van der Waals surface area contributed by atoms with Gasteiger partial charge in [-0.25, -0.2) is 0 Å². The van der Waals surface area contributed by atoms with Crippen molar-refractivity contribution in [2.75, 3.05) is 32.6 Å². The Bertz CT molecular complexity index is 830. The molecule has 8 nitrogen and oxygen atoms in total. The molecule has 0 radical (unpaired) electrons. The van der Waals surface area contributed by atoms with E-state index in [1.807, 2.05) is 26.8 Å². The zero-order valence-corrected chi connectivity index (χ0v) is 17.1. The van der Waals surface area contributed by atoms with Crippen molar-refractivity contribution >= 4 is 17.5 Å². The number of carbonyl (C=O) groups is 2. The minimum atomic E-state index is -0.241. The molecule has 2 aromatic rings. The molecule has 152 valence electrons. The SMILES string of the molecule is CCOc1ccc(CC(=O)Nc2cnn(CC)c2C(=O)N(C)C)cc1OCC. The Morgan fingerprint density at radius 2 is 1.79 bits per heavy atom. The van der Waals surface area contributed by atoms with Crippen LogP contribution in [0, 0.1) is 0 Å². The van der Waals surface area contributed by atoms with Crippen LogP contribution in [0.15, 0.2) is 24.4 Å². The minimum Gasteiger partial charge on any atom is -0.490 e. The first-order valence-corrected chi connectivity index (χ1v) is 9.37. The van der Waals surface area contributed by atoms with Crippen molar-refractivity contribution in [1.82, 2.24) is 14.7 Å². The maximum Gasteiger partial charge on any atom is 0.273 e. The van der Waals surface area contributed by atoms with E-state index in [-0.39, 0.29) is 18.2 Å². The number of aryl methyl sites for hydroxylation is 1. The van der Waals surface area contributed by atoms with Gasteiger partial charge in [0.1, 0.15) is 5.69 Å². The fourth-order valence-corrected chi connectivity index (χ4v) is 2.74. The van der Waals surface area contributed by atoms with E-state index in [2.05, 4.69) is 10.4 Å². The molecule has 1 aromatic carbocycles. The minimum absolute atomic E-state index is 0.138. The topological polar surface area (TPSA) is 85.7 Å². The lowest BCUT2D eigenvalue weighted by molar-refractivity contribution is -0.115. The first-order valence-electron chi connectivity index (χ1n) is 9.37. The van der Waals surface area contributed by atoms with Crippen molar-refractivity contribution in [3.8, 4) is 11.5 Å². The second-order valence-electron chi connectivity index (χ2n) is 6.29. The molecule has 1 N–H and O–H groups in total. The summed E-state index contributed by atoms with van der Waals surface area (Å²) >= 11 is 0. The summed E-state index contributed by atoms with van der Waals surface area (Å²) in [7, 11) is 3.33. The molecule has 0 saturated heterocycles. The van der Waals surface area contributed by atoms with Gasteiger partial charge in [0.2, 0.25) is 5.91 Å². The van der Waals surface area contributed by atoms with Crippen molar-refractivity contribution in [2.45, 2.75) is 33.7 Å². The van der Waals surface area contributed by atoms with Gasteiger partial charge in [-0.05, 0) is 38.5 Å². The van der Waals surface area contributed by atoms with Crippen LogP contribution in [0.5, 0.6) is 11.5 Å². The van der Waals surface area contributed by atoms with Gasteiger partial charge in [0.15, 0.2) is 11.5 Å². The number of anilines is 1. The number of nitrogens with zero attached hydrogens (tertiary/aromatic N) is 3. The number of aromatic nitrogens is 2. The van der Waals surface area contributed by atoms with Gasteiger partial charge >= 0.3 is 0 Å². The molecular formula is C20H28N4O4. The zero-order valence-electron chi connectivity index (χ0n) is 17.1. The molecule has 0 fully saturated rings. The van der Waals surface area contributed by atoms with E-state index in [0.717, 1.165) is 5.56 Å². The average Bonchev–Trinajstić information content (AvgIpc) is 3.05. The summed E-state index contributed by atoms with van der Waals surface area (Å²) in [6.45, 7) is 7.25. The summed E-state index contributed by atoms with van der Waals surface area (Å²) in [5, 5.41) is 6.99. The highest BCUT2D eigenvalue weighted by Gasteiger charge is 2.21. The maximum absolute atomic E-state index is 12.6. The number of benzene rings is 1. The first kappa shape index (κ1) is 21.3. The first-order chi connectivity index (χ1) is 13.4. The second kappa shape index (κ2) is 9.77. The van der Waals surface area contributed by atoms with Crippen LogP contribution in [0.25, 0.3) is 0 Å². The zero-order chi connectivity index (χ0) is 20.7. The highest BCUT2D eigenvalue weighted by Crippen LogP contribution is 2.29. The molecule has 1 aromatic heterocycles. The third kappa shape index (κ3) is 5.03. The lowest BCUT2D eigenvalue weighted by atomic mass is 10.1. The average molecular weight is 388 g/mol. The number of amides is 2. The van der Waals surface area contributed by atoms with Crippen molar-refractivity contribution in [3.63, 3.8) is 0 Å². The van der Waals surface area contributed by atoms with Gasteiger partial charge in [0.25, 0.3) is 5.91 Å². The molecule has 28 heavy (non-hydrogen) atoms. The van der Waals surface area contributed by atoms with E-state index in [1.165, 1.54) is 11.1 Å². The Labute approximate surface area is 165 Å². The second-order valence-corrected chi connectivity index (χ2v) is 6.29. The number of carbonyl (C=O) groups excluding carboxylic acids is 2. The highest BCUT2D eigenvalue weighted by molar-refractivity contribution is 6.02. The van der Waals surface area contributed by atoms with Crippen LogP contribution in [0.4, 0.5) is 5.69 Å². The molecule has 8 heteroatoms. The predicted molar refractivity (Wildman–Crippen MR) is 107 cm³/mol. The van der Waals surface area contributed by atoms with Crippen LogP contribution in [0.3, 0.4) is 0 Å². The molecule has 0 aliphatic carbocycles. The van der Waals surface area contributed by atoms with Crippen LogP contribution < -0.4 is 14.8 Å². The third-order valence-electron chi connectivity index (χ3n) is 3.99. The predicted octanol–water partition coefficient (Wildman–Crippen LogP) is 2.58. The van der Waals surface area contributed by atoms with E-state index in [9.17, 15) is 9.59 Å². The normalized spacial score (nSPS) is 10.5. The van der Waals surface area contributed by atoms with Gasteiger partial charge in [-0.2, -0.15) is 5.10 Å². The van der Waals surface area contributed by atoms with E-state index in [1.54, 1.807) is 30.9 Å². The summed E-state index contributed by atoms with van der Waals surface area (Å²) in [4.78, 5) is 26.5. The number of hydrogen-bond donors (Lipinski definition) is 1. The van der Waals surface area contributed by atoms with E-state index < -0.39 is 0 Å². The van der Waals surface area contributed by atoms with Crippen LogP contribution in [0.1, 0.15) is 36.8 Å². The van der Waals surface area contributed by atoms with E-state index in [4.69, 9.17) is 9.47 Å². The van der Waals surface area contributed by atoms with E-state index >= 15 is 0 Å². The molecule has 2 rings (SSSR count). The van der Waals surface area contributed by atoms with E-state index in [0.29, 0.717) is 42.6 Å². The van der Waals surface area contributed by atoms with Crippen molar-refractivity contribution < 1.29 is 19.1 Å². The lowest BCUT2D eigenvalue weighted by Crippen LogP contribution is -2.26. The molecule has 0 atom stereocenters. The molecule has 0 bridgehead atoms. The van der Waals surface area contributed by atoms with Crippen molar-refractivity contribution in [3.05, 3.63) is 35.7 Å². The number of hydrogen-bond acceptors (Lipinski definition) is 5. The molecule has 0 saturated carbocycles. The Morgan fingerprint density at radius 3 is 2.39 bits per heavy atom. The Morgan fingerprint density at radius 1 is 1.11 bits per heavy atom. The lowest BCUT2D eigenvalue weighted by Gasteiger charge is -2.14. The molecule has 0 aliphatic rings. The van der Waals surface area contributed by atoms with Gasteiger partial charge in [-0.1, -0.05) is 6.07 Å². The summed E-state index contributed by atoms with van der Waals surface area (Å²) in [6.07, 6.45) is 1.64. The standard InChI is InChI=1S/C20H28N4O4/c1-6-24-19(20(26)23(4)5)15(13-21-24)22-18(25)12-14-9-10-16(27-7-2)17(11-14)28-8-3/h9-11,13H,6-8,12H2,1-5H3,(H,22,25). The number of rotatable bonds is 9. The molecule has 0 spiro atoms. The van der Waals surface area contributed by atoms with Gasteiger partial charge < -0.3 is 19.7 Å². The van der Waals surface area contributed by atoms with Crippen LogP contribution in [0.2, 0.25) is 0 Å². The van der Waals surface area contributed by atoms with Gasteiger partial charge in [-0.15, -0.1) is 0 Å². The molecule has 1 heterocycles. The Kier molecular flexibility index (Phi) is 7.43. The van der Waals surface area contributed by atoms with Crippen LogP contribution in [-0.4, -0.2) is 53.8 Å². The smallest absolute Gasteiger partial charge is 0.273 e. The maximum atomic E-state index is 12.6. The number of ether oxygens (including phenoxy) is 2. The van der Waals surface area contributed by atoms with Gasteiger partial charge in [0.05, 0.1) is 31.5 Å². The summed E-state index contributed by atoms with van der Waals surface area (Å²) in [5.74, 6) is 0.804. The summed E-state index contributed by atoms with van der Waals surface area (Å²) in [6, 6.07) is 5.43. The Hall–Kier alpha value is -3.03. The number of nitrogens with one attached hydrogen (secondary N) is 1. The quantitative estimate of drug-likeness (QED) is 0.714. The van der Waals surface area contributed by atoms with Crippen molar-refractivity contribution in [2.24, 2.45) is 0 Å².